The van der Waals surface area contributed by atoms with Gasteiger partial charge in [-0.1, -0.05) is 6.07 Å². The third-order valence-electron chi connectivity index (χ3n) is 5.16. The van der Waals surface area contributed by atoms with Crippen LogP contribution in [0, 0.1) is 5.92 Å². The van der Waals surface area contributed by atoms with E-state index in [0.29, 0.717) is 6.04 Å². The van der Waals surface area contributed by atoms with Crippen LogP contribution in [0.3, 0.4) is 0 Å². The van der Waals surface area contributed by atoms with Crippen molar-refractivity contribution in [2.75, 3.05) is 40.8 Å². The van der Waals surface area contributed by atoms with Crippen LogP contribution in [0.1, 0.15) is 23.6 Å². The number of likely N-dealkylation sites (tertiary alicyclic amines) is 1. The summed E-state index contributed by atoms with van der Waals surface area (Å²) >= 11 is 0. The topological polar surface area (TPSA) is 41.7 Å². The molecule has 0 aromatic heterocycles. The van der Waals surface area contributed by atoms with E-state index in [4.69, 9.17) is 10.5 Å². The predicted octanol–water partition coefficient (Wildman–Crippen LogP) is 1.50. The van der Waals surface area contributed by atoms with Crippen molar-refractivity contribution in [1.29, 1.82) is 0 Å². The Bertz CT molecular complexity index is 505. The first-order valence-electron chi connectivity index (χ1n) is 7.89. The van der Waals surface area contributed by atoms with Crippen LogP contribution in [0.2, 0.25) is 0 Å². The zero-order chi connectivity index (χ0) is 15.0. The van der Waals surface area contributed by atoms with Crippen molar-refractivity contribution in [2.24, 2.45) is 11.7 Å². The van der Waals surface area contributed by atoms with Crippen molar-refractivity contribution in [3.8, 4) is 5.75 Å². The average molecular weight is 289 g/mol. The molecular formula is C17H27N3O. The van der Waals surface area contributed by atoms with Gasteiger partial charge in [0, 0.05) is 25.2 Å². The maximum Gasteiger partial charge on any atom is 0.119 e. The number of benzene rings is 1. The first-order chi connectivity index (χ1) is 10.1. The van der Waals surface area contributed by atoms with E-state index in [2.05, 4.69) is 36.0 Å². The fraction of sp³-hybridized carbons (Fsp3) is 0.647. The molecule has 116 valence electrons. The van der Waals surface area contributed by atoms with Gasteiger partial charge < -0.3 is 20.3 Å². The van der Waals surface area contributed by atoms with E-state index < -0.39 is 0 Å². The third kappa shape index (κ3) is 2.93. The molecule has 1 heterocycles. The van der Waals surface area contributed by atoms with Gasteiger partial charge in [-0.05, 0) is 62.7 Å². The van der Waals surface area contributed by atoms with Gasteiger partial charge in [-0.2, -0.15) is 0 Å². The highest BCUT2D eigenvalue weighted by Gasteiger charge is 2.34. The second-order valence-corrected chi connectivity index (χ2v) is 6.72. The van der Waals surface area contributed by atoms with E-state index in [0.717, 1.165) is 24.6 Å². The Hall–Kier alpha value is -1.10. The zero-order valence-corrected chi connectivity index (χ0v) is 13.4. The molecule has 3 atom stereocenters. The number of nitrogens with two attached hydrogens (primary N) is 1. The van der Waals surface area contributed by atoms with Crippen molar-refractivity contribution >= 4 is 0 Å². The molecule has 2 N–H and O–H groups in total. The molecule has 21 heavy (non-hydrogen) atoms. The van der Waals surface area contributed by atoms with E-state index in [9.17, 15) is 0 Å². The van der Waals surface area contributed by atoms with E-state index in [1.165, 1.54) is 30.6 Å². The lowest BCUT2D eigenvalue weighted by atomic mass is 10.0. The Labute approximate surface area is 127 Å². The number of likely N-dealkylation sites (N-methyl/N-ethyl adjacent to an activating group) is 1. The molecule has 1 aromatic carbocycles. The maximum absolute atomic E-state index is 6.51. The van der Waals surface area contributed by atoms with Crippen molar-refractivity contribution < 1.29 is 4.74 Å². The third-order valence-corrected chi connectivity index (χ3v) is 5.16. The minimum atomic E-state index is 0.0965. The number of nitrogens with zero attached hydrogens (tertiary/aromatic N) is 2. The van der Waals surface area contributed by atoms with Crippen LogP contribution in [0.15, 0.2) is 18.2 Å². The Morgan fingerprint density at radius 3 is 2.90 bits per heavy atom. The molecule has 1 aliphatic heterocycles. The first-order valence-corrected chi connectivity index (χ1v) is 7.89. The van der Waals surface area contributed by atoms with Gasteiger partial charge in [0.15, 0.2) is 0 Å². The molecule has 1 aliphatic carbocycles. The van der Waals surface area contributed by atoms with Crippen molar-refractivity contribution in [3.05, 3.63) is 29.3 Å². The van der Waals surface area contributed by atoms with Crippen LogP contribution in [-0.4, -0.2) is 56.7 Å². The quantitative estimate of drug-likeness (QED) is 0.912. The highest BCUT2D eigenvalue weighted by molar-refractivity contribution is 5.42. The SMILES string of the molecule is COc1ccc2c(c1)C(N)C(N(C)CC1CCN(C)C1)C2. The summed E-state index contributed by atoms with van der Waals surface area (Å²) in [7, 11) is 6.15. The Kier molecular flexibility index (Phi) is 4.20. The molecule has 3 unspecified atom stereocenters. The number of rotatable bonds is 4. The van der Waals surface area contributed by atoms with Crippen LogP contribution in [0.25, 0.3) is 0 Å². The standard InChI is InChI=1S/C17H27N3O/c1-19-7-6-12(10-19)11-20(2)16-8-13-4-5-14(21-3)9-15(13)17(16)18/h4-5,9,12,16-17H,6-8,10-11,18H2,1-3H3. The largest absolute Gasteiger partial charge is 0.497 e. The van der Waals surface area contributed by atoms with E-state index in [1.807, 2.05) is 6.07 Å². The van der Waals surface area contributed by atoms with Crippen LogP contribution >= 0.6 is 0 Å². The van der Waals surface area contributed by atoms with Gasteiger partial charge in [-0.15, -0.1) is 0 Å². The van der Waals surface area contributed by atoms with Crippen LogP contribution in [-0.2, 0) is 6.42 Å². The molecule has 4 heteroatoms. The monoisotopic (exact) mass is 289 g/mol. The van der Waals surface area contributed by atoms with Gasteiger partial charge in [-0.3, -0.25) is 0 Å². The summed E-state index contributed by atoms with van der Waals surface area (Å²) in [6, 6.07) is 6.83. The minimum Gasteiger partial charge on any atom is -0.497 e. The van der Waals surface area contributed by atoms with Gasteiger partial charge in [0.2, 0.25) is 0 Å². The van der Waals surface area contributed by atoms with Gasteiger partial charge >= 0.3 is 0 Å². The van der Waals surface area contributed by atoms with Gasteiger partial charge in [0.25, 0.3) is 0 Å². The van der Waals surface area contributed by atoms with Gasteiger partial charge in [-0.25, -0.2) is 0 Å². The number of hydrogen-bond acceptors (Lipinski definition) is 4. The maximum atomic E-state index is 6.51. The lowest BCUT2D eigenvalue weighted by molar-refractivity contribution is 0.191. The summed E-state index contributed by atoms with van der Waals surface area (Å²) in [6.07, 6.45) is 2.36. The summed E-state index contributed by atoms with van der Waals surface area (Å²) in [6.45, 7) is 3.59. The fourth-order valence-corrected chi connectivity index (χ4v) is 3.90. The molecule has 0 saturated carbocycles. The molecule has 3 rings (SSSR count). The minimum absolute atomic E-state index is 0.0965. The smallest absolute Gasteiger partial charge is 0.119 e. The molecule has 1 fully saturated rings. The lowest BCUT2D eigenvalue weighted by Gasteiger charge is -2.30. The molecule has 1 aromatic rings. The Morgan fingerprint density at radius 1 is 1.43 bits per heavy atom. The number of ether oxygens (including phenoxy) is 1. The Morgan fingerprint density at radius 2 is 2.24 bits per heavy atom. The molecule has 0 bridgehead atoms. The fourth-order valence-electron chi connectivity index (χ4n) is 3.90. The number of hydrogen-bond donors (Lipinski definition) is 1. The summed E-state index contributed by atoms with van der Waals surface area (Å²) in [5.74, 6) is 1.69. The summed E-state index contributed by atoms with van der Waals surface area (Å²) in [4.78, 5) is 4.90. The van der Waals surface area contributed by atoms with Crippen LogP contribution < -0.4 is 10.5 Å². The molecule has 2 aliphatic rings. The zero-order valence-electron chi connectivity index (χ0n) is 13.4. The van der Waals surface area contributed by atoms with Gasteiger partial charge in [0.05, 0.1) is 7.11 Å². The average Bonchev–Trinajstić information content (AvgIpc) is 3.02. The molecule has 0 spiro atoms. The second-order valence-electron chi connectivity index (χ2n) is 6.72. The highest BCUT2D eigenvalue weighted by atomic mass is 16.5. The first kappa shape index (κ1) is 14.8. The van der Waals surface area contributed by atoms with E-state index in [-0.39, 0.29) is 6.04 Å². The van der Waals surface area contributed by atoms with E-state index in [1.54, 1.807) is 7.11 Å². The Balaban J connectivity index is 1.67. The molecular weight excluding hydrogens is 262 g/mol. The predicted molar refractivity (Wildman–Crippen MR) is 85.6 cm³/mol. The number of fused-ring (bicyclic) bond motifs is 1. The van der Waals surface area contributed by atoms with Crippen molar-refractivity contribution in [2.45, 2.75) is 24.9 Å². The molecule has 0 radical (unpaired) electrons. The van der Waals surface area contributed by atoms with Crippen molar-refractivity contribution in [3.63, 3.8) is 0 Å². The second kappa shape index (κ2) is 5.95. The van der Waals surface area contributed by atoms with Gasteiger partial charge in [0.1, 0.15) is 5.75 Å². The lowest BCUT2D eigenvalue weighted by Crippen LogP contribution is -2.41. The van der Waals surface area contributed by atoms with Crippen molar-refractivity contribution in [1.82, 2.24) is 9.80 Å². The van der Waals surface area contributed by atoms with Crippen LogP contribution in [0.5, 0.6) is 5.75 Å². The molecule has 0 amide bonds. The summed E-state index contributed by atoms with van der Waals surface area (Å²) < 4.78 is 5.33. The summed E-state index contributed by atoms with van der Waals surface area (Å²) in [5.41, 5.74) is 9.15. The normalized spacial score (nSPS) is 29.1. The van der Waals surface area contributed by atoms with E-state index >= 15 is 0 Å². The molecule has 1 saturated heterocycles. The highest BCUT2D eigenvalue weighted by Crippen LogP contribution is 2.35. The number of methoxy groups -OCH3 is 1. The molecule has 4 nitrogen and oxygen atoms in total. The summed E-state index contributed by atoms with van der Waals surface area (Å²) in [5, 5.41) is 0. The van der Waals surface area contributed by atoms with Crippen LogP contribution in [0.4, 0.5) is 0 Å².